The van der Waals surface area contributed by atoms with E-state index in [2.05, 4.69) is 0 Å². The maximum atomic E-state index is 14.8. The van der Waals surface area contributed by atoms with E-state index in [-0.39, 0.29) is 30.9 Å². The van der Waals surface area contributed by atoms with Crippen molar-refractivity contribution in [1.29, 1.82) is 0 Å². The molecule has 1 aromatic rings. The van der Waals surface area contributed by atoms with Gasteiger partial charge in [-0.15, -0.1) is 0 Å². The molecule has 2 N–H and O–H groups in total. The summed E-state index contributed by atoms with van der Waals surface area (Å²) >= 11 is 0. The molecule has 17 heavy (non-hydrogen) atoms. The topological polar surface area (TPSA) is 60.2 Å². The SMILES string of the molecule is NCc1ccccc1C1(F)CCS(=O)(=O)CC1. The summed E-state index contributed by atoms with van der Waals surface area (Å²) in [4.78, 5) is 0. The molecule has 0 spiro atoms. The van der Waals surface area contributed by atoms with E-state index in [1.165, 1.54) is 0 Å². The molecule has 0 bridgehead atoms. The van der Waals surface area contributed by atoms with E-state index in [1.807, 2.05) is 6.07 Å². The average Bonchev–Trinajstić information content (AvgIpc) is 2.33. The summed E-state index contributed by atoms with van der Waals surface area (Å²) in [7, 11) is -3.05. The molecule has 1 heterocycles. The van der Waals surface area contributed by atoms with Crippen molar-refractivity contribution in [3.8, 4) is 0 Å². The molecule has 5 heteroatoms. The van der Waals surface area contributed by atoms with Crippen molar-refractivity contribution in [2.24, 2.45) is 5.73 Å². The van der Waals surface area contributed by atoms with Gasteiger partial charge in [-0.25, -0.2) is 12.8 Å². The van der Waals surface area contributed by atoms with Crippen LogP contribution in [0.2, 0.25) is 0 Å². The number of hydrogen-bond acceptors (Lipinski definition) is 3. The standard InChI is InChI=1S/C12H16FNO2S/c13-12(5-7-17(15,16)8-6-12)11-4-2-1-3-10(11)9-14/h1-4H,5-9,14H2. The van der Waals surface area contributed by atoms with Crippen LogP contribution in [0.15, 0.2) is 24.3 Å². The average molecular weight is 257 g/mol. The Morgan fingerprint density at radius 3 is 2.41 bits per heavy atom. The molecular formula is C12H16FNO2S. The van der Waals surface area contributed by atoms with E-state index in [0.29, 0.717) is 5.56 Å². The minimum atomic E-state index is -3.05. The van der Waals surface area contributed by atoms with Crippen LogP contribution in [0.5, 0.6) is 0 Å². The van der Waals surface area contributed by atoms with Crippen LogP contribution in [-0.2, 0) is 22.1 Å². The number of halogens is 1. The summed E-state index contributed by atoms with van der Waals surface area (Å²) in [6.45, 7) is 0.272. The molecule has 1 aromatic carbocycles. The first kappa shape index (κ1) is 12.5. The number of rotatable bonds is 2. The van der Waals surface area contributed by atoms with E-state index >= 15 is 0 Å². The van der Waals surface area contributed by atoms with Gasteiger partial charge < -0.3 is 5.73 Å². The van der Waals surface area contributed by atoms with Crippen LogP contribution in [0.4, 0.5) is 4.39 Å². The van der Waals surface area contributed by atoms with Gasteiger partial charge in [0.1, 0.15) is 5.67 Å². The molecule has 3 nitrogen and oxygen atoms in total. The van der Waals surface area contributed by atoms with Crippen molar-refractivity contribution in [2.45, 2.75) is 25.1 Å². The van der Waals surface area contributed by atoms with E-state index < -0.39 is 15.5 Å². The van der Waals surface area contributed by atoms with Gasteiger partial charge in [-0.2, -0.15) is 0 Å². The molecule has 94 valence electrons. The molecule has 0 aromatic heterocycles. The molecule has 0 unspecified atom stereocenters. The normalized spacial score (nSPS) is 22.2. The quantitative estimate of drug-likeness (QED) is 0.873. The summed E-state index contributed by atoms with van der Waals surface area (Å²) in [5.74, 6) is -0.162. The highest BCUT2D eigenvalue weighted by molar-refractivity contribution is 7.91. The van der Waals surface area contributed by atoms with Crippen molar-refractivity contribution >= 4 is 9.84 Å². The van der Waals surface area contributed by atoms with Crippen LogP contribution in [0.3, 0.4) is 0 Å². The van der Waals surface area contributed by atoms with Crippen LogP contribution in [0.25, 0.3) is 0 Å². The van der Waals surface area contributed by atoms with E-state index in [4.69, 9.17) is 5.73 Å². The molecule has 0 amide bonds. The number of alkyl halides is 1. The van der Waals surface area contributed by atoms with Gasteiger partial charge in [-0.3, -0.25) is 0 Å². The predicted octanol–water partition coefficient (Wildman–Crippen LogP) is 1.52. The largest absolute Gasteiger partial charge is 0.326 e. The fourth-order valence-corrected chi connectivity index (χ4v) is 3.74. The zero-order valence-corrected chi connectivity index (χ0v) is 10.3. The highest BCUT2D eigenvalue weighted by atomic mass is 32.2. The molecule has 0 radical (unpaired) electrons. The zero-order valence-electron chi connectivity index (χ0n) is 9.52. The third-order valence-corrected chi connectivity index (χ3v) is 4.99. The van der Waals surface area contributed by atoms with Crippen molar-refractivity contribution in [3.63, 3.8) is 0 Å². The molecular weight excluding hydrogens is 241 g/mol. The number of hydrogen-bond donors (Lipinski definition) is 1. The van der Waals surface area contributed by atoms with Gasteiger partial charge >= 0.3 is 0 Å². The van der Waals surface area contributed by atoms with Crippen LogP contribution in [-0.4, -0.2) is 19.9 Å². The van der Waals surface area contributed by atoms with Crippen molar-refractivity contribution in [2.75, 3.05) is 11.5 Å². The molecule has 2 rings (SSSR count). The second-order valence-electron chi connectivity index (χ2n) is 4.48. The maximum Gasteiger partial charge on any atom is 0.150 e. The zero-order chi connectivity index (χ0) is 12.5. The van der Waals surface area contributed by atoms with Crippen LogP contribution < -0.4 is 5.73 Å². The lowest BCUT2D eigenvalue weighted by Gasteiger charge is -2.31. The van der Waals surface area contributed by atoms with E-state index in [9.17, 15) is 12.8 Å². The highest BCUT2D eigenvalue weighted by Gasteiger charge is 2.39. The van der Waals surface area contributed by atoms with Crippen LogP contribution in [0, 0.1) is 0 Å². The van der Waals surface area contributed by atoms with Crippen molar-refractivity contribution in [3.05, 3.63) is 35.4 Å². The Morgan fingerprint density at radius 2 is 1.82 bits per heavy atom. The lowest BCUT2D eigenvalue weighted by atomic mass is 9.86. The number of sulfone groups is 1. The smallest absolute Gasteiger partial charge is 0.150 e. The minimum Gasteiger partial charge on any atom is -0.326 e. The number of benzene rings is 1. The summed E-state index contributed by atoms with van der Waals surface area (Å²) in [5, 5.41) is 0. The maximum absolute atomic E-state index is 14.8. The van der Waals surface area contributed by atoms with Gasteiger partial charge in [0.15, 0.2) is 9.84 Å². The molecule has 1 aliphatic rings. The lowest BCUT2D eigenvalue weighted by molar-refractivity contribution is 0.146. The Labute approximate surface area is 101 Å². The predicted molar refractivity (Wildman–Crippen MR) is 65.0 cm³/mol. The summed E-state index contributed by atoms with van der Waals surface area (Å²) in [5.41, 5.74) is 5.36. The molecule has 1 aliphatic heterocycles. The molecule has 1 saturated heterocycles. The Bertz CT molecular complexity index is 499. The highest BCUT2D eigenvalue weighted by Crippen LogP contribution is 2.39. The van der Waals surface area contributed by atoms with Crippen molar-refractivity contribution < 1.29 is 12.8 Å². The fraction of sp³-hybridized carbons (Fsp3) is 0.500. The van der Waals surface area contributed by atoms with Gasteiger partial charge in [0.2, 0.25) is 0 Å². The second-order valence-corrected chi connectivity index (χ2v) is 6.78. The first-order chi connectivity index (χ1) is 7.97. The van der Waals surface area contributed by atoms with Gasteiger partial charge in [0, 0.05) is 6.54 Å². The molecule has 0 aliphatic carbocycles. The van der Waals surface area contributed by atoms with Gasteiger partial charge in [0.05, 0.1) is 11.5 Å². The monoisotopic (exact) mass is 257 g/mol. The van der Waals surface area contributed by atoms with E-state index in [0.717, 1.165) is 5.56 Å². The second kappa shape index (κ2) is 4.38. The summed E-state index contributed by atoms with van der Waals surface area (Å²) in [6.07, 6.45) is 0.0681. The molecule has 0 saturated carbocycles. The summed E-state index contributed by atoms with van der Waals surface area (Å²) < 4.78 is 37.4. The first-order valence-electron chi connectivity index (χ1n) is 5.65. The van der Waals surface area contributed by atoms with E-state index in [1.54, 1.807) is 18.2 Å². The summed E-state index contributed by atoms with van der Waals surface area (Å²) in [6, 6.07) is 7.08. The van der Waals surface area contributed by atoms with Crippen molar-refractivity contribution in [1.82, 2.24) is 0 Å². The van der Waals surface area contributed by atoms with Gasteiger partial charge in [-0.05, 0) is 24.0 Å². The van der Waals surface area contributed by atoms with Crippen LogP contribution in [0.1, 0.15) is 24.0 Å². The third-order valence-electron chi connectivity index (χ3n) is 3.34. The molecule has 0 atom stereocenters. The lowest BCUT2D eigenvalue weighted by Crippen LogP contribution is -2.34. The Kier molecular flexibility index (Phi) is 3.23. The number of nitrogens with two attached hydrogens (primary N) is 1. The Morgan fingerprint density at radius 1 is 1.24 bits per heavy atom. The minimum absolute atomic E-state index is 0.0341. The Balaban J connectivity index is 2.33. The van der Waals surface area contributed by atoms with Gasteiger partial charge in [-0.1, -0.05) is 24.3 Å². The molecule has 1 fully saturated rings. The first-order valence-corrected chi connectivity index (χ1v) is 7.47. The van der Waals surface area contributed by atoms with Crippen LogP contribution >= 0.6 is 0 Å². The third kappa shape index (κ3) is 2.50. The Hall–Kier alpha value is -0.940. The fourth-order valence-electron chi connectivity index (χ4n) is 2.27. The van der Waals surface area contributed by atoms with Gasteiger partial charge in [0.25, 0.3) is 0 Å².